The highest BCUT2D eigenvalue weighted by atomic mass is 35.5. The monoisotopic (exact) mass is 409 g/mol. The minimum Gasteiger partial charge on any atom is -0.495 e. The van der Waals surface area contributed by atoms with Gasteiger partial charge in [0.15, 0.2) is 4.77 Å². The molecule has 0 saturated heterocycles. The van der Waals surface area contributed by atoms with Crippen LogP contribution in [0.25, 0.3) is 10.2 Å². The third-order valence-electron chi connectivity index (χ3n) is 3.81. The van der Waals surface area contributed by atoms with Gasteiger partial charge in [-0.25, -0.2) is 0 Å². The number of nitrogens with one attached hydrogen (secondary N) is 2. The van der Waals surface area contributed by atoms with Crippen molar-refractivity contribution in [3.63, 3.8) is 0 Å². The number of hydrogen-bond donors (Lipinski definition) is 2. The Morgan fingerprint density at radius 3 is 2.85 bits per heavy atom. The molecule has 0 spiro atoms. The van der Waals surface area contributed by atoms with Gasteiger partial charge in [-0.2, -0.15) is 0 Å². The number of fused-ring (bicyclic) bond motifs is 1. The molecule has 0 aliphatic carbocycles. The Bertz CT molecular complexity index is 1100. The number of aromatic nitrogens is 2. The lowest BCUT2D eigenvalue weighted by Crippen LogP contribution is -2.28. The van der Waals surface area contributed by atoms with E-state index < -0.39 is 0 Å². The van der Waals surface area contributed by atoms with Crippen molar-refractivity contribution in [2.24, 2.45) is 0 Å². The molecule has 0 bridgehead atoms. The van der Waals surface area contributed by atoms with E-state index in [9.17, 15) is 9.59 Å². The fourth-order valence-corrected chi connectivity index (χ4v) is 4.06. The first-order valence-electron chi connectivity index (χ1n) is 7.82. The number of anilines is 1. The van der Waals surface area contributed by atoms with Gasteiger partial charge in [-0.05, 0) is 42.9 Å². The topological polar surface area (TPSA) is 76.1 Å². The Morgan fingerprint density at radius 2 is 2.19 bits per heavy atom. The Balaban J connectivity index is 1.86. The number of thiophene rings is 1. The lowest BCUT2D eigenvalue weighted by Gasteiger charge is -2.09. The van der Waals surface area contributed by atoms with Crippen molar-refractivity contribution in [3.05, 3.63) is 49.3 Å². The molecule has 0 atom stereocenters. The number of methoxy groups -OCH3 is 1. The number of aromatic amines is 1. The number of carbonyl (C=O) groups excluding carboxylic acids is 1. The number of halogens is 1. The van der Waals surface area contributed by atoms with Crippen LogP contribution in [0.2, 0.25) is 5.02 Å². The average molecular weight is 410 g/mol. The fourth-order valence-electron chi connectivity index (χ4n) is 2.50. The molecule has 0 saturated carbocycles. The first kappa shape index (κ1) is 18.6. The van der Waals surface area contributed by atoms with Crippen LogP contribution in [0.1, 0.15) is 11.8 Å². The van der Waals surface area contributed by atoms with E-state index in [1.807, 2.05) is 13.0 Å². The molecule has 1 aromatic carbocycles. The summed E-state index contributed by atoms with van der Waals surface area (Å²) in [6.07, 6.45) is 0.831. The molecule has 0 aliphatic heterocycles. The summed E-state index contributed by atoms with van der Waals surface area (Å²) in [6, 6.07) is 6.74. The molecule has 0 fully saturated rings. The number of rotatable bonds is 5. The Morgan fingerprint density at radius 1 is 1.42 bits per heavy atom. The predicted molar refractivity (Wildman–Crippen MR) is 107 cm³/mol. The number of benzene rings is 1. The molecule has 2 N–H and O–H groups in total. The highest BCUT2D eigenvalue weighted by Gasteiger charge is 2.13. The van der Waals surface area contributed by atoms with E-state index in [1.165, 1.54) is 23.0 Å². The first-order chi connectivity index (χ1) is 12.4. The second-order valence-electron chi connectivity index (χ2n) is 5.53. The van der Waals surface area contributed by atoms with E-state index in [2.05, 4.69) is 10.3 Å². The van der Waals surface area contributed by atoms with Gasteiger partial charge in [-0.1, -0.05) is 18.5 Å². The molecule has 3 aromatic rings. The minimum absolute atomic E-state index is 0.189. The molecule has 136 valence electrons. The molecule has 9 heteroatoms. The fraction of sp³-hybridized carbons (Fsp3) is 0.235. The van der Waals surface area contributed by atoms with E-state index in [4.69, 9.17) is 28.6 Å². The lowest BCUT2D eigenvalue weighted by molar-refractivity contribution is -0.116. The van der Waals surface area contributed by atoms with Crippen molar-refractivity contribution >= 4 is 57.0 Å². The lowest BCUT2D eigenvalue weighted by atomic mass is 10.3. The third-order valence-corrected chi connectivity index (χ3v) is 5.62. The standard InChI is InChI=1S/C17H16ClN3O3S2/c1-3-10-7-11-15(26-10)20-17(25)21(16(11)23)8-14(22)19-9-4-5-13(24-2)12(18)6-9/h4-7H,3,8H2,1-2H3,(H,19,22)(H,20,25). The van der Waals surface area contributed by atoms with Gasteiger partial charge in [0.25, 0.3) is 5.56 Å². The molecule has 26 heavy (non-hydrogen) atoms. The summed E-state index contributed by atoms with van der Waals surface area (Å²) in [4.78, 5) is 29.9. The normalized spacial score (nSPS) is 10.9. The van der Waals surface area contributed by atoms with Gasteiger partial charge in [-0.15, -0.1) is 11.3 Å². The maximum atomic E-state index is 12.7. The van der Waals surface area contributed by atoms with Gasteiger partial charge < -0.3 is 15.0 Å². The second-order valence-corrected chi connectivity index (χ2v) is 7.46. The summed E-state index contributed by atoms with van der Waals surface area (Å²) < 4.78 is 6.55. The molecule has 0 aliphatic rings. The summed E-state index contributed by atoms with van der Waals surface area (Å²) in [5.41, 5.74) is 0.233. The van der Waals surface area contributed by atoms with Crippen LogP contribution in [0.15, 0.2) is 29.1 Å². The van der Waals surface area contributed by atoms with Crippen molar-refractivity contribution in [1.29, 1.82) is 0 Å². The zero-order valence-electron chi connectivity index (χ0n) is 14.1. The van der Waals surface area contributed by atoms with Crippen LogP contribution in [0.3, 0.4) is 0 Å². The minimum atomic E-state index is -0.377. The molecular formula is C17H16ClN3O3S2. The number of hydrogen-bond acceptors (Lipinski definition) is 5. The van der Waals surface area contributed by atoms with Crippen LogP contribution >= 0.6 is 35.2 Å². The van der Waals surface area contributed by atoms with E-state index in [-0.39, 0.29) is 22.8 Å². The van der Waals surface area contributed by atoms with Crippen molar-refractivity contribution in [3.8, 4) is 5.75 Å². The number of carbonyl (C=O) groups is 1. The van der Waals surface area contributed by atoms with Crippen LogP contribution in [-0.4, -0.2) is 22.6 Å². The largest absolute Gasteiger partial charge is 0.495 e. The van der Waals surface area contributed by atoms with Gasteiger partial charge >= 0.3 is 0 Å². The van der Waals surface area contributed by atoms with Crippen LogP contribution in [0.5, 0.6) is 5.75 Å². The number of amides is 1. The second kappa shape index (κ2) is 7.61. The number of nitrogens with zero attached hydrogens (tertiary/aromatic N) is 1. The zero-order valence-corrected chi connectivity index (χ0v) is 16.5. The van der Waals surface area contributed by atoms with Gasteiger partial charge in [0.2, 0.25) is 5.91 Å². The predicted octanol–water partition coefficient (Wildman–Crippen LogP) is 3.98. The summed E-state index contributed by atoms with van der Waals surface area (Å²) >= 11 is 12.8. The maximum absolute atomic E-state index is 12.7. The van der Waals surface area contributed by atoms with Gasteiger partial charge in [0.1, 0.15) is 17.1 Å². The Hall–Kier alpha value is -2.16. The summed E-state index contributed by atoms with van der Waals surface area (Å²) in [7, 11) is 1.51. The molecule has 0 radical (unpaired) electrons. The van der Waals surface area contributed by atoms with E-state index >= 15 is 0 Å². The number of ether oxygens (including phenoxy) is 1. The Kier molecular flexibility index (Phi) is 5.45. The first-order valence-corrected chi connectivity index (χ1v) is 9.42. The maximum Gasteiger partial charge on any atom is 0.263 e. The van der Waals surface area contributed by atoms with E-state index in [0.717, 1.165) is 16.1 Å². The Labute approximate surface area is 163 Å². The molecule has 2 heterocycles. The summed E-state index contributed by atoms with van der Waals surface area (Å²) in [6.45, 7) is 1.83. The van der Waals surface area contributed by atoms with Gasteiger partial charge in [-0.3, -0.25) is 14.2 Å². The highest BCUT2D eigenvalue weighted by Crippen LogP contribution is 2.27. The SMILES string of the molecule is CCc1cc2c(=O)n(CC(=O)Nc3ccc(OC)c(Cl)c3)c(=S)[nH]c2s1. The van der Waals surface area contributed by atoms with Crippen LogP contribution in [-0.2, 0) is 17.8 Å². The van der Waals surface area contributed by atoms with Crippen molar-refractivity contribution in [2.45, 2.75) is 19.9 Å². The highest BCUT2D eigenvalue weighted by molar-refractivity contribution is 7.71. The number of H-pyrrole nitrogens is 1. The quantitative estimate of drug-likeness (QED) is 0.625. The van der Waals surface area contributed by atoms with Crippen molar-refractivity contribution in [2.75, 3.05) is 12.4 Å². The van der Waals surface area contributed by atoms with Crippen molar-refractivity contribution < 1.29 is 9.53 Å². The average Bonchev–Trinajstić information content (AvgIpc) is 3.02. The van der Waals surface area contributed by atoms with Crippen LogP contribution in [0.4, 0.5) is 5.69 Å². The molecule has 0 unspecified atom stereocenters. The third kappa shape index (κ3) is 3.67. The van der Waals surface area contributed by atoms with Crippen LogP contribution in [0, 0.1) is 4.77 Å². The molecule has 2 aromatic heterocycles. The molecule has 3 rings (SSSR count). The number of aryl methyl sites for hydroxylation is 1. The molecule has 6 nitrogen and oxygen atoms in total. The van der Waals surface area contributed by atoms with E-state index in [1.54, 1.807) is 18.2 Å². The summed E-state index contributed by atoms with van der Waals surface area (Å²) in [5.74, 6) is 0.135. The van der Waals surface area contributed by atoms with Crippen molar-refractivity contribution in [1.82, 2.24) is 9.55 Å². The molecular weight excluding hydrogens is 394 g/mol. The summed E-state index contributed by atoms with van der Waals surface area (Å²) in [5, 5.41) is 3.63. The van der Waals surface area contributed by atoms with E-state index in [0.29, 0.717) is 21.8 Å². The van der Waals surface area contributed by atoms with Gasteiger partial charge in [0.05, 0.1) is 17.5 Å². The smallest absolute Gasteiger partial charge is 0.263 e. The zero-order chi connectivity index (χ0) is 18.8. The van der Waals surface area contributed by atoms with Gasteiger partial charge in [0, 0.05) is 10.6 Å². The molecule has 1 amide bonds. The van der Waals surface area contributed by atoms with Crippen LogP contribution < -0.4 is 15.6 Å².